The maximum Gasteiger partial charge on any atom is 0.316 e. The molecule has 0 unspecified atom stereocenters. The second-order valence-corrected chi connectivity index (χ2v) is 3.51. The molecule has 0 radical (unpaired) electrons. The molecule has 0 rings (SSSR count). The van der Waals surface area contributed by atoms with Crippen LogP contribution in [-0.2, 0) is 0 Å². The summed E-state index contributed by atoms with van der Waals surface area (Å²) in [5.74, 6) is 0. The van der Waals surface area contributed by atoms with Crippen LogP contribution in [0.4, 0.5) is 0 Å². The summed E-state index contributed by atoms with van der Waals surface area (Å²) in [6.45, 7) is 4.31. The van der Waals surface area contributed by atoms with Gasteiger partial charge in [0, 0.05) is 3.92 Å². The van der Waals surface area contributed by atoms with Crippen molar-refractivity contribution in [2.75, 3.05) is 0 Å². The van der Waals surface area contributed by atoms with Crippen molar-refractivity contribution in [2.24, 2.45) is 0 Å². The Balaban J connectivity index is 0. The molecule has 0 bridgehead atoms. The molecule has 0 aromatic carbocycles. The normalized spacial score (nSPS) is 7.20. The lowest BCUT2D eigenvalue weighted by molar-refractivity contribution is 1.16. The van der Waals surface area contributed by atoms with Gasteiger partial charge < -0.3 is 0 Å². The standard InChI is InChI=1S/C3H7I.Mg.2H/c1-3(2)4;;;/h3H,1-2H3;;;. The van der Waals surface area contributed by atoms with Gasteiger partial charge in [0.1, 0.15) is 0 Å². The Labute approximate surface area is 63.0 Å². The third-order valence-electron chi connectivity index (χ3n) is 0. The highest BCUT2D eigenvalue weighted by molar-refractivity contribution is 14.1. The van der Waals surface area contributed by atoms with Gasteiger partial charge in [-0.3, -0.25) is 0 Å². The van der Waals surface area contributed by atoms with Gasteiger partial charge in [-0.15, -0.1) is 0 Å². The highest BCUT2D eigenvalue weighted by Gasteiger charge is 1.70. The van der Waals surface area contributed by atoms with Gasteiger partial charge in [0.2, 0.25) is 0 Å². The predicted octanol–water partition coefficient (Wildman–Crippen LogP) is 0.914. The van der Waals surface area contributed by atoms with Crippen LogP contribution in [0.3, 0.4) is 0 Å². The summed E-state index contributed by atoms with van der Waals surface area (Å²) in [4.78, 5) is 0. The highest BCUT2D eigenvalue weighted by atomic mass is 127. The molecule has 0 atom stereocenters. The van der Waals surface area contributed by atoms with E-state index in [1.165, 1.54) is 0 Å². The Morgan fingerprint density at radius 2 is 1.40 bits per heavy atom. The molecule has 0 aliphatic carbocycles. The SMILES string of the molecule is CC(C)I.[MgH2]. The minimum atomic E-state index is 0. The van der Waals surface area contributed by atoms with E-state index in [9.17, 15) is 0 Å². The van der Waals surface area contributed by atoms with Crippen LogP contribution in [0.2, 0.25) is 0 Å². The third-order valence-corrected chi connectivity index (χ3v) is 0. The van der Waals surface area contributed by atoms with Crippen molar-refractivity contribution in [1.82, 2.24) is 0 Å². The number of rotatable bonds is 0. The first-order valence-electron chi connectivity index (χ1n) is 1.37. The molecule has 30 valence electrons. The van der Waals surface area contributed by atoms with Crippen LogP contribution in [0.15, 0.2) is 0 Å². The van der Waals surface area contributed by atoms with Crippen molar-refractivity contribution in [3.63, 3.8) is 0 Å². The molecule has 0 amide bonds. The quantitative estimate of drug-likeness (QED) is 0.307. The van der Waals surface area contributed by atoms with E-state index >= 15 is 0 Å². The molecule has 0 saturated heterocycles. The molecule has 0 fully saturated rings. The average molecular weight is 196 g/mol. The smallest absolute Gasteiger partial charge is 0.0832 e. The molecule has 2 heteroatoms. The summed E-state index contributed by atoms with van der Waals surface area (Å²) < 4.78 is 0.803. The maximum atomic E-state index is 2.34. The lowest BCUT2D eigenvalue weighted by atomic mass is 10.6. The first kappa shape index (κ1) is 9.71. The van der Waals surface area contributed by atoms with Crippen molar-refractivity contribution in [1.29, 1.82) is 0 Å². The molecular weight excluding hydrogens is 187 g/mol. The second-order valence-electron chi connectivity index (χ2n) is 1.01. The van der Waals surface area contributed by atoms with Gasteiger partial charge in [0.15, 0.2) is 0 Å². The molecule has 0 aliphatic rings. The molecule has 0 heterocycles. The van der Waals surface area contributed by atoms with E-state index in [4.69, 9.17) is 0 Å². The number of alkyl halides is 1. The molecular formula is C3H9IMg. The van der Waals surface area contributed by atoms with Crippen molar-refractivity contribution < 1.29 is 0 Å². The summed E-state index contributed by atoms with van der Waals surface area (Å²) in [5.41, 5.74) is 0. The van der Waals surface area contributed by atoms with Crippen molar-refractivity contribution >= 4 is 45.6 Å². The summed E-state index contributed by atoms with van der Waals surface area (Å²) in [7, 11) is 0. The summed E-state index contributed by atoms with van der Waals surface area (Å²) in [5, 5.41) is 0. The van der Waals surface area contributed by atoms with E-state index in [1.54, 1.807) is 0 Å². The molecule has 0 spiro atoms. The monoisotopic (exact) mass is 196 g/mol. The Morgan fingerprint density at radius 3 is 1.40 bits per heavy atom. The molecule has 0 saturated carbocycles. The predicted molar refractivity (Wildman–Crippen MR) is 37.7 cm³/mol. The van der Waals surface area contributed by atoms with Crippen LogP contribution in [0.1, 0.15) is 13.8 Å². The van der Waals surface area contributed by atoms with Crippen molar-refractivity contribution in [3.8, 4) is 0 Å². The number of halogens is 1. The zero-order chi connectivity index (χ0) is 3.58. The molecule has 0 aliphatic heterocycles. The fourth-order valence-corrected chi connectivity index (χ4v) is 0. The van der Waals surface area contributed by atoms with Crippen molar-refractivity contribution in [2.45, 2.75) is 17.8 Å². The number of hydrogen-bond acceptors (Lipinski definition) is 0. The fraction of sp³-hybridized carbons (Fsp3) is 1.00. The summed E-state index contributed by atoms with van der Waals surface area (Å²) in [6, 6.07) is 0. The van der Waals surface area contributed by atoms with Crippen LogP contribution in [0, 0.1) is 0 Å². The Hall–Kier alpha value is 1.50. The third kappa shape index (κ3) is 30.0. The van der Waals surface area contributed by atoms with Gasteiger partial charge >= 0.3 is 23.1 Å². The van der Waals surface area contributed by atoms with Gasteiger partial charge in [-0.25, -0.2) is 0 Å². The summed E-state index contributed by atoms with van der Waals surface area (Å²) in [6.07, 6.45) is 0. The molecule has 0 N–H and O–H groups in total. The van der Waals surface area contributed by atoms with Crippen LogP contribution in [0.25, 0.3) is 0 Å². The van der Waals surface area contributed by atoms with Crippen LogP contribution in [0.5, 0.6) is 0 Å². The first-order chi connectivity index (χ1) is 1.73. The van der Waals surface area contributed by atoms with E-state index in [0.717, 1.165) is 3.92 Å². The molecule has 0 aromatic heterocycles. The Bertz CT molecular complexity index is 11.6. The van der Waals surface area contributed by atoms with E-state index in [1.807, 2.05) is 0 Å². The largest absolute Gasteiger partial charge is 0.316 e. The lowest BCUT2D eigenvalue weighted by Crippen LogP contribution is -1.69. The lowest BCUT2D eigenvalue weighted by Gasteiger charge is -1.76. The van der Waals surface area contributed by atoms with Crippen LogP contribution >= 0.6 is 22.6 Å². The van der Waals surface area contributed by atoms with Gasteiger partial charge in [0.05, 0.1) is 0 Å². The highest BCUT2D eigenvalue weighted by Crippen LogP contribution is 1.91. The fourth-order valence-electron chi connectivity index (χ4n) is 0. The van der Waals surface area contributed by atoms with Crippen LogP contribution < -0.4 is 0 Å². The van der Waals surface area contributed by atoms with Crippen molar-refractivity contribution in [3.05, 3.63) is 0 Å². The Kier molecular flexibility index (Phi) is 10.7. The average Bonchev–Trinajstić information content (AvgIpc) is 0.811. The topological polar surface area (TPSA) is 0 Å². The van der Waals surface area contributed by atoms with Gasteiger partial charge in [-0.1, -0.05) is 36.4 Å². The van der Waals surface area contributed by atoms with Crippen LogP contribution in [-0.4, -0.2) is 27.0 Å². The van der Waals surface area contributed by atoms with Gasteiger partial charge in [-0.05, 0) is 0 Å². The minimum absolute atomic E-state index is 0. The second kappa shape index (κ2) is 5.50. The molecule has 0 nitrogen and oxygen atoms in total. The minimum Gasteiger partial charge on any atom is -0.0832 e. The van der Waals surface area contributed by atoms with Gasteiger partial charge in [0.25, 0.3) is 0 Å². The van der Waals surface area contributed by atoms with Gasteiger partial charge in [-0.2, -0.15) is 0 Å². The number of hydrogen-bond donors (Lipinski definition) is 0. The van der Waals surface area contributed by atoms with E-state index in [-0.39, 0.29) is 23.1 Å². The first-order valence-corrected chi connectivity index (χ1v) is 2.62. The maximum absolute atomic E-state index is 2.34. The molecule has 0 aromatic rings. The zero-order valence-electron chi connectivity index (χ0n) is 2.96. The van der Waals surface area contributed by atoms with E-state index in [2.05, 4.69) is 36.4 Å². The van der Waals surface area contributed by atoms with E-state index in [0.29, 0.717) is 0 Å². The Morgan fingerprint density at radius 1 is 1.40 bits per heavy atom. The molecule has 5 heavy (non-hydrogen) atoms. The zero-order valence-corrected chi connectivity index (χ0v) is 5.11. The summed E-state index contributed by atoms with van der Waals surface area (Å²) >= 11 is 2.34. The van der Waals surface area contributed by atoms with E-state index < -0.39 is 0 Å².